The Hall–Kier alpha value is -1.03. The van der Waals surface area contributed by atoms with Gasteiger partial charge in [-0.3, -0.25) is 0 Å². The lowest BCUT2D eigenvalue weighted by atomic mass is 9.98. The predicted octanol–water partition coefficient (Wildman–Crippen LogP) is 4.62. The van der Waals surface area contributed by atoms with Crippen LogP contribution in [-0.2, 0) is 12.8 Å². The number of aliphatic hydroxyl groups is 1. The van der Waals surface area contributed by atoms with Crippen LogP contribution in [0.25, 0.3) is 0 Å². The van der Waals surface area contributed by atoms with Gasteiger partial charge in [0.25, 0.3) is 0 Å². The zero-order chi connectivity index (χ0) is 15.0. The van der Waals surface area contributed by atoms with E-state index in [2.05, 4.69) is 22.0 Å². The Labute approximate surface area is 137 Å². The molecule has 3 rings (SSSR count). The molecule has 0 radical (unpaired) electrons. The van der Waals surface area contributed by atoms with E-state index in [1.54, 1.807) is 0 Å². The third kappa shape index (κ3) is 3.10. The molecule has 1 aliphatic heterocycles. The van der Waals surface area contributed by atoms with Crippen molar-refractivity contribution < 1.29 is 9.84 Å². The Balaban J connectivity index is 1.90. The quantitative estimate of drug-likeness (QED) is 0.857. The highest BCUT2D eigenvalue weighted by molar-refractivity contribution is 9.10. The van der Waals surface area contributed by atoms with Crippen molar-refractivity contribution in [1.82, 2.24) is 0 Å². The van der Waals surface area contributed by atoms with Gasteiger partial charge in [-0.25, -0.2) is 0 Å². The van der Waals surface area contributed by atoms with Gasteiger partial charge in [0.15, 0.2) is 0 Å². The van der Waals surface area contributed by atoms with Crippen LogP contribution >= 0.6 is 27.5 Å². The summed E-state index contributed by atoms with van der Waals surface area (Å²) in [5, 5.41) is 11.1. The first-order chi connectivity index (χ1) is 10.0. The zero-order valence-corrected chi connectivity index (χ0v) is 14.0. The van der Waals surface area contributed by atoms with E-state index < -0.39 is 6.10 Å². The molecule has 0 aliphatic carbocycles. The van der Waals surface area contributed by atoms with Crippen LogP contribution in [-0.4, -0.2) is 11.7 Å². The van der Waals surface area contributed by atoms with Crippen molar-refractivity contribution in [3.05, 3.63) is 62.1 Å². The highest BCUT2D eigenvalue weighted by Crippen LogP contribution is 2.36. The largest absolute Gasteiger partial charge is 0.493 e. The molecule has 0 saturated carbocycles. The summed E-state index contributed by atoms with van der Waals surface area (Å²) >= 11 is 9.76. The highest BCUT2D eigenvalue weighted by atomic mass is 79.9. The summed E-state index contributed by atoms with van der Waals surface area (Å²) in [5.41, 5.74) is 4.05. The van der Waals surface area contributed by atoms with Gasteiger partial charge in [0.2, 0.25) is 0 Å². The Kier molecular flexibility index (Phi) is 4.25. The number of fused-ring (bicyclic) bond motifs is 1. The molecular weight excluding hydrogens is 352 g/mol. The fraction of sp³-hybridized carbons (Fsp3) is 0.294. The number of aliphatic hydroxyl groups excluding tert-OH is 1. The molecule has 0 spiro atoms. The Morgan fingerprint density at radius 2 is 2.14 bits per heavy atom. The highest BCUT2D eigenvalue weighted by Gasteiger charge is 2.21. The number of hydrogen-bond donors (Lipinski definition) is 1. The molecule has 0 fully saturated rings. The summed E-state index contributed by atoms with van der Waals surface area (Å²) in [4.78, 5) is 0. The summed E-state index contributed by atoms with van der Waals surface area (Å²) in [6, 6.07) is 9.82. The van der Waals surface area contributed by atoms with Crippen LogP contribution in [0.5, 0.6) is 5.75 Å². The molecule has 2 nitrogen and oxygen atoms in total. The minimum Gasteiger partial charge on any atom is -0.493 e. The normalized spacial score (nSPS) is 14.7. The molecule has 0 amide bonds. The van der Waals surface area contributed by atoms with E-state index in [9.17, 15) is 5.11 Å². The van der Waals surface area contributed by atoms with Gasteiger partial charge in [-0.05, 0) is 47.4 Å². The first-order valence-electron chi connectivity index (χ1n) is 6.93. The molecular formula is C17H16BrClO2. The van der Waals surface area contributed by atoms with Gasteiger partial charge in [0, 0.05) is 22.3 Å². The van der Waals surface area contributed by atoms with Crippen molar-refractivity contribution in [2.45, 2.75) is 25.9 Å². The van der Waals surface area contributed by atoms with Crippen molar-refractivity contribution in [2.75, 3.05) is 6.61 Å². The van der Waals surface area contributed by atoms with Gasteiger partial charge in [-0.15, -0.1) is 0 Å². The van der Waals surface area contributed by atoms with Gasteiger partial charge < -0.3 is 9.84 Å². The molecule has 0 bridgehead atoms. The average Bonchev–Trinajstić information content (AvgIpc) is 2.86. The van der Waals surface area contributed by atoms with E-state index in [-0.39, 0.29) is 0 Å². The van der Waals surface area contributed by atoms with Gasteiger partial charge >= 0.3 is 0 Å². The molecule has 1 N–H and O–H groups in total. The van der Waals surface area contributed by atoms with Crippen LogP contribution < -0.4 is 4.74 Å². The monoisotopic (exact) mass is 366 g/mol. The van der Waals surface area contributed by atoms with Gasteiger partial charge in [-0.1, -0.05) is 39.7 Å². The van der Waals surface area contributed by atoms with E-state index in [0.29, 0.717) is 18.1 Å². The second kappa shape index (κ2) is 5.99. The number of aryl methyl sites for hydroxylation is 1. The fourth-order valence-electron chi connectivity index (χ4n) is 2.72. The minimum atomic E-state index is -0.638. The molecule has 1 unspecified atom stereocenters. The molecule has 0 saturated heterocycles. The molecule has 4 heteroatoms. The second-order valence-electron chi connectivity index (χ2n) is 5.40. The third-order valence-corrected chi connectivity index (χ3v) is 4.54. The first-order valence-corrected chi connectivity index (χ1v) is 8.10. The topological polar surface area (TPSA) is 29.5 Å². The Morgan fingerprint density at radius 1 is 1.33 bits per heavy atom. The summed E-state index contributed by atoms with van der Waals surface area (Å²) in [5.74, 6) is 0.917. The maximum atomic E-state index is 10.5. The Morgan fingerprint density at radius 3 is 2.90 bits per heavy atom. The number of ether oxygens (including phenoxy) is 1. The van der Waals surface area contributed by atoms with Gasteiger partial charge in [-0.2, -0.15) is 0 Å². The van der Waals surface area contributed by atoms with E-state index in [1.165, 1.54) is 5.56 Å². The van der Waals surface area contributed by atoms with E-state index >= 15 is 0 Å². The molecule has 2 aromatic carbocycles. The minimum absolute atomic E-state index is 0.491. The Bertz CT molecular complexity index is 685. The number of benzene rings is 2. The standard InChI is InChI=1S/C17H16BrClO2/c1-10-2-3-14(15(19)6-10)16(20)9-12-8-13(18)7-11-4-5-21-17(11)12/h2-3,6-8,16,20H,4-5,9H2,1H3. The van der Waals surface area contributed by atoms with Crippen molar-refractivity contribution in [3.63, 3.8) is 0 Å². The lowest BCUT2D eigenvalue weighted by molar-refractivity contribution is 0.177. The maximum Gasteiger partial charge on any atom is 0.125 e. The molecule has 1 aliphatic rings. The van der Waals surface area contributed by atoms with Crippen molar-refractivity contribution in [2.24, 2.45) is 0 Å². The summed E-state index contributed by atoms with van der Waals surface area (Å²) in [6.45, 7) is 2.69. The van der Waals surface area contributed by atoms with E-state index in [1.807, 2.05) is 31.2 Å². The second-order valence-corrected chi connectivity index (χ2v) is 6.72. The first kappa shape index (κ1) is 14.9. The zero-order valence-electron chi connectivity index (χ0n) is 11.7. The van der Waals surface area contributed by atoms with Gasteiger partial charge in [0.05, 0.1) is 12.7 Å². The molecule has 1 atom stereocenters. The van der Waals surface area contributed by atoms with Gasteiger partial charge in [0.1, 0.15) is 5.75 Å². The molecule has 1 heterocycles. The SMILES string of the molecule is Cc1ccc(C(O)Cc2cc(Br)cc3c2OCC3)c(Cl)c1. The van der Waals surface area contributed by atoms with Crippen LogP contribution in [0.1, 0.15) is 28.4 Å². The van der Waals surface area contributed by atoms with Crippen molar-refractivity contribution in [1.29, 1.82) is 0 Å². The summed E-state index contributed by atoms with van der Waals surface area (Å²) in [7, 11) is 0. The third-order valence-electron chi connectivity index (χ3n) is 3.75. The molecule has 110 valence electrons. The lowest BCUT2D eigenvalue weighted by Gasteiger charge is -2.16. The fourth-order valence-corrected chi connectivity index (χ4v) is 3.63. The lowest BCUT2D eigenvalue weighted by Crippen LogP contribution is -2.04. The number of halogens is 2. The van der Waals surface area contributed by atoms with Crippen molar-refractivity contribution in [3.8, 4) is 5.75 Å². The number of hydrogen-bond acceptors (Lipinski definition) is 2. The van der Waals surface area contributed by atoms with Crippen LogP contribution in [0.4, 0.5) is 0 Å². The predicted molar refractivity (Wildman–Crippen MR) is 88.2 cm³/mol. The van der Waals surface area contributed by atoms with Crippen LogP contribution in [0, 0.1) is 6.92 Å². The summed E-state index contributed by atoms with van der Waals surface area (Å²) < 4.78 is 6.72. The molecule has 2 aromatic rings. The summed E-state index contributed by atoms with van der Waals surface area (Å²) in [6.07, 6.45) is 0.772. The van der Waals surface area contributed by atoms with Crippen molar-refractivity contribution >= 4 is 27.5 Å². The maximum absolute atomic E-state index is 10.5. The van der Waals surface area contributed by atoms with Crippen LogP contribution in [0.15, 0.2) is 34.8 Å². The van der Waals surface area contributed by atoms with Crippen LogP contribution in [0.2, 0.25) is 5.02 Å². The van der Waals surface area contributed by atoms with E-state index in [4.69, 9.17) is 16.3 Å². The smallest absolute Gasteiger partial charge is 0.125 e. The molecule has 21 heavy (non-hydrogen) atoms. The average molecular weight is 368 g/mol. The molecule has 0 aromatic heterocycles. The number of rotatable bonds is 3. The van der Waals surface area contributed by atoms with Crippen LogP contribution in [0.3, 0.4) is 0 Å². The van der Waals surface area contributed by atoms with E-state index in [0.717, 1.165) is 33.3 Å².